The number of aryl methyl sites for hydroxylation is 1. The summed E-state index contributed by atoms with van der Waals surface area (Å²) in [4.78, 5) is 7.57. The second-order valence-electron chi connectivity index (χ2n) is 9.08. The molecule has 2 aliphatic rings. The Morgan fingerprint density at radius 2 is 1.74 bits per heavy atom. The Bertz CT molecular complexity index is 988. The molecule has 0 radical (unpaired) electrons. The van der Waals surface area contributed by atoms with Crippen molar-refractivity contribution < 1.29 is 13.2 Å². The Balaban J connectivity index is 1.43. The lowest BCUT2D eigenvalue weighted by Gasteiger charge is -2.34. The van der Waals surface area contributed by atoms with Crippen LogP contribution in [0.2, 0.25) is 0 Å². The molecule has 1 aromatic heterocycles. The molecule has 0 atom stereocenters. The molecule has 7 nitrogen and oxygen atoms in total. The van der Waals surface area contributed by atoms with Gasteiger partial charge in [0.05, 0.1) is 34.7 Å². The summed E-state index contributed by atoms with van der Waals surface area (Å²) >= 11 is 0. The standard InChI is InChI=1S/C23H36N4O3S/c1-4-27-22-11-10-20(31(28,29)25(2)3)16-21(22)24-23(27)17-26-14-12-19(13-15-26)30-18-8-6-5-7-9-18/h10-11,16,18-19H,4-9,12-15,17H2,1-3H3. The minimum absolute atomic E-state index is 0.290. The molecule has 1 saturated heterocycles. The average molecular weight is 449 g/mol. The first-order valence-electron chi connectivity index (χ1n) is 11.7. The maximum atomic E-state index is 12.5. The molecule has 0 amide bonds. The van der Waals surface area contributed by atoms with E-state index in [1.165, 1.54) is 36.4 Å². The summed E-state index contributed by atoms with van der Waals surface area (Å²) in [6.45, 7) is 5.75. The number of imidazole rings is 1. The van der Waals surface area contributed by atoms with Crippen LogP contribution in [0.15, 0.2) is 23.1 Å². The Hall–Kier alpha value is -1.48. The summed E-state index contributed by atoms with van der Waals surface area (Å²) in [7, 11) is -0.359. The van der Waals surface area contributed by atoms with E-state index >= 15 is 0 Å². The van der Waals surface area contributed by atoms with Crippen LogP contribution in [-0.2, 0) is 27.8 Å². The van der Waals surface area contributed by atoms with Crippen molar-refractivity contribution in [1.82, 2.24) is 18.8 Å². The molecular weight excluding hydrogens is 412 g/mol. The summed E-state index contributed by atoms with van der Waals surface area (Å²) in [5, 5.41) is 0. The molecule has 8 heteroatoms. The summed E-state index contributed by atoms with van der Waals surface area (Å²) in [6, 6.07) is 5.27. The molecule has 1 aromatic carbocycles. The Kier molecular flexibility index (Phi) is 7.01. The number of benzene rings is 1. The lowest BCUT2D eigenvalue weighted by molar-refractivity contribution is -0.0568. The van der Waals surface area contributed by atoms with Crippen molar-refractivity contribution in [3.05, 3.63) is 24.0 Å². The van der Waals surface area contributed by atoms with Gasteiger partial charge in [-0.2, -0.15) is 0 Å². The van der Waals surface area contributed by atoms with Gasteiger partial charge in [0.15, 0.2) is 0 Å². The van der Waals surface area contributed by atoms with E-state index in [-0.39, 0.29) is 4.90 Å². The van der Waals surface area contributed by atoms with Crippen LogP contribution in [0.25, 0.3) is 11.0 Å². The SMILES string of the molecule is CCn1c(CN2CCC(OC3CCCCC3)CC2)nc2cc(S(=O)(=O)N(C)C)ccc21. The van der Waals surface area contributed by atoms with Gasteiger partial charge >= 0.3 is 0 Å². The first kappa shape index (κ1) is 22.7. The lowest BCUT2D eigenvalue weighted by Crippen LogP contribution is -2.38. The normalized spacial score (nSPS) is 20.1. The van der Waals surface area contributed by atoms with Gasteiger partial charge in [-0.1, -0.05) is 19.3 Å². The number of aromatic nitrogens is 2. The molecule has 1 aliphatic heterocycles. The van der Waals surface area contributed by atoms with E-state index in [0.717, 1.165) is 55.9 Å². The third-order valence-electron chi connectivity index (χ3n) is 6.73. The highest BCUT2D eigenvalue weighted by Crippen LogP contribution is 2.26. The molecular formula is C23H36N4O3S. The highest BCUT2D eigenvalue weighted by atomic mass is 32.2. The Morgan fingerprint density at radius 1 is 1.06 bits per heavy atom. The smallest absolute Gasteiger partial charge is 0.242 e. The molecule has 1 saturated carbocycles. The maximum Gasteiger partial charge on any atom is 0.242 e. The van der Waals surface area contributed by atoms with E-state index < -0.39 is 10.0 Å². The highest BCUT2D eigenvalue weighted by Gasteiger charge is 2.25. The minimum atomic E-state index is -3.46. The molecule has 31 heavy (non-hydrogen) atoms. The average Bonchev–Trinajstić information content (AvgIpc) is 3.11. The lowest BCUT2D eigenvalue weighted by atomic mass is 9.97. The molecule has 0 spiro atoms. The van der Waals surface area contributed by atoms with Gasteiger partial charge in [0.1, 0.15) is 5.82 Å². The van der Waals surface area contributed by atoms with Crippen molar-refractivity contribution in [3.8, 4) is 0 Å². The van der Waals surface area contributed by atoms with Gasteiger partial charge in [0, 0.05) is 33.7 Å². The van der Waals surface area contributed by atoms with Crippen LogP contribution < -0.4 is 0 Å². The molecule has 0 N–H and O–H groups in total. The number of likely N-dealkylation sites (tertiary alicyclic amines) is 1. The van der Waals surface area contributed by atoms with Crippen LogP contribution in [-0.4, -0.2) is 66.6 Å². The topological polar surface area (TPSA) is 67.7 Å². The number of hydrogen-bond acceptors (Lipinski definition) is 5. The number of piperidine rings is 1. The number of ether oxygens (including phenoxy) is 1. The summed E-state index contributed by atoms with van der Waals surface area (Å²) in [5.41, 5.74) is 1.74. The molecule has 2 heterocycles. The number of sulfonamides is 1. The van der Waals surface area contributed by atoms with Crippen LogP contribution in [0.5, 0.6) is 0 Å². The first-order chi connectivity index (χ1) is 14.9. The van der Waals surface area contributed by atoms with E-state index in [4.69, 9.17) is 9.72 Å². The zero-order chi connectivity index (χ0) is 22.0. The van der Waals surface area contributed by atoms with E-state index in [2.05, 4.69) is 16.4 Å². The van der Waals surface area contributed by atoms with Crippen LogP contribution in [0.3, 0.4) is 0 Å². The zero-order valence-electron chi connectivity index (χ0n) is 19.1. The fraction of sp³-hybridized carbons (Fsp3) is 0.696. The van der Waals surface area contributed by atoms with E-state index in [1.54, 1.807) is 26.2 Å². The van der Waals surface area contributed by atoms with Crippen LogP contribution in [0.4, 0.5) is 0 Å². The van der Waals surface area contributed by atoms with E-state index in [9.17, 15) is 8.42 Å². The number of nitrogens with zero attached hydrogens (tertiary/aromatic N) is 4. The van der Waals surface area contributed by atoms with Gasteiger partial charge < -0.3 is 9.30 Å². The summed E-state index contributed by atoms with van der Waals surface area (Å²) in [6.07, 6.45) is 9.47. The van der Waals surface area contributed by atoms with Crippen LogP contribution in [0, 0.1) is 0 Å². The molecule has 0 bridgehead atoms. The van der Waals surface area contributed by atoms with E-state index in [1.807, 2.05) is 6.07 Å². The number of fused-ring (bicyclic) bond motifs is 1. The van der Waals surface area contributed by atoms with Crippen molar-refractivity contribution in [2.75, 3.05) is 27.2 Å². The third kappa shape index (κ3) is 4.97. The second-order valence-corrected chi connectivity index (χ2v) is 11.2. The Labute approximate surface area is 186 Å². The fourth-order valence-electron chi connectivity index (χ4n) is 4.88. The maximum absolute atomic E-state index is 12.5. The van der Waals surface area contributed by atoms with Gasteiger partial charge in [0.25, 0.3) is 0 Å². The minimum Gasteiger partial charge on any atom is -0.375 e. The van der Waals surface area contributed by atoms with Crippen molar-refractivity contribution in [2.45, 2.75) is 82.1 Å². The number of rotatable bonds is 7. The second kappa shape index (κ2) is 9.57. The van der Waals surface area contributed by atoms with Gasteiger partial charge in [-0.3, -0.25) is 4.90 Å². The predicted molar refractivity (Wildman–Crippen MR) is 123 cm³/mol. The Morgan fingerprint density at radius 3 is 2.39 bits per heavy atom. The predicted octanol–water partition coefficient (Wildman–Crippen LogP) is 3.62. The van der Waals surface area contributed by atoms with Gasteiger partial charge in [-0.05, 0) is 50.8 Å². The van der Waals surface area contributed by atoms with E-state index in [0.29, 0.717) is 12.2 Å². The molecule has 0 unspecified atom stereocenters. The molecule has 172 valence electrons. The van der Waals surface area contributed by atoms with Gasteiger partial charge in [0.2, 0.25) is 10.0 Å². The van der Waals surface area contributed by atoms with Crippen molar-refractivity contribution >= 4 is 21.1 Å². The first-order valence-corrected chi connectivity index (χ1v) is 13.1. The summed E-state index contributed by atoms with van der Waals surface area (Å²) < 4.78 is 34.8. The molecule has 2 fully saturated rings. The molecule has 4 rings (SSSR count). The zero-order valence-corrected chi connectivity index (χ0v) is 19.9. The quantitative estimate of drug-likeness (QED) is 0.647. The fourth-order valence-corrected chi connectivity index (χ4v) is 5.80. The monoisotopic (exact) mass is 448 g/mol. The summed E-state index contributed by atoms with van der Waals surface area (Å²) in [5.74, 6) is 1.00. The largest absolute Gasteiger partial charge is 0.375 e. The van der Waals surface area contributed by atoms with Crippen molar-refractivity contribution in [1.29, 1.82) is 0 Å². The van der Waals surface area contributed by atoms with Crippen LogP contribution >= 0.6 is 0 Å². The molecule has 1 aliphatic carbocycles. The van der Waals surface area contributed by atoms with Gasteiger partial charge in [-0.25, -0.2) is 17.7 Å². The highest BCUT2D eigenvalue weighted by molar-refractivity contribution is 7.89. The van der Waals surface area contributed by atoms with Crippen molar-refractivity contribution in [3.63, 3.8) is 0 Å². The number of hydrogen-bond donors (Lipinski definition) is 0. The van der Waals surface area contributed by atoms with Crippen molar-refractivity contribution in [2.24, 2.45) is 0 Å². The molecule has 2 aromatic rings. The van der Waals surface area contributed by atoms with Crippen LogP contribution in [0.1, 0.15) is 57.7 Å². The third-order valence-corrected chi connectivity index (χ3v) is 8.54. The van der Waals surface area contributed by atoms with Gasteiger partial charge in [-0.15, -0.1) is 0 Å².